The number of nitrogens with two attached hydrogens (primary N) is 1. The van der Waals surface area contributed by atoms with Crippen LogP contribution in [0.15, 0.2) is 42.9 Å². The first-order chi connectivity index (χ1) is 7.70. The van der Waals surface area contributed by atoms with Gasteiger partial charge in [0, 0.05) is 7.05 Å². The van der Waals surface area contributed by atoms with E-state index in [2.05, 4.69) is 4.98 Å². The lowest BCUT2D eigenvalue weighted by atomic mass is 10.0. The van der Waals surface area contributed by atoms with Gasteiger partial charge in [-0.2, -0.15) is 0 Å². The van der Waals surface area contributed by atoms with E-state index in [1.165, 1.54) is 0 Å². The molecule has 0 radical (unpaired) electrons. The van der Waals surface area contributed by atoms with Crippen molar-refractivity contribution in [1.29, 1.82) is 0 Å². The van der Waals surface area contributed by atoms with Crippen LogP contribution in [-0.4, -0.2) is 14.7 Å². The second-order valence-corrected chi connectivity index (χ2v) is 3.81. The highest BCUT2D eigenvalue weighted by Crippen LogP contribution is 2.25. The largest absolute Gasteiger partial charge is 0.385 e. The highest BCUT2D eigenvalue weighted by atomic mass is 16.3. The molecule has 1 heterocycles. The SMILES string of the molecule is Cn1cncc1C(O)C(N)c1ccccc1. The average molecular weight is 217 g/mol. The lowest BCUT2D eigenvalue weighted by Crippen LogP contribution is -2.21. The summed E-state index contributed by atoms with van der Waals surface area (Å²) in [5.74, 6) is 0. The van der Waals surface area contributed by atoms with Crippen LogP contribution >= 0.6 is 0 Å². The first-order valence-corrected chi connectivity index (χ1v) is 5.15. The van der Waals surface area contributed by atoms with E-state index in [4.69, 9.17) is 5.73 Å². The number of aromatic nitrogens is 2. The molecule has 0 aliphatic carbocycles. The molecule has 16 heavy (non-hydrogen) atoms. The Hall–Kier alpha value is -1.65. The molecule has 1 aromatic heterocycles. The Balaban J connectivity index is 2.23. The Labute approximate surface area is 94.4 Å². The van der Waals surface area contributed by atoms with Gasteiger partial charge >= 0.3 is 0 Å². The highest BCUT2D eigenvalue weighted by molar-refractivity contribution is 5.22. The Morgan fingerprint density at radius 1 is 1.31 bits per heavy atom. The molecule has 0 aliphatic rings. The quantitative estimate of drug-likeness (QED) is 0.810. The first-order valence-electron chi connectivity index (χ1n) is 5.15. The molecule has 2 atom stereocenters. The van der Waals surface area contributed by atoms with Crippen molar-refractivity contribution >= 4 is 0 Å². The van der Waals surface area contributed by atoms with Crippen LogP contribution in [0.1, 0.15) is 23.4 Å². The molecule has 4 nitrogen and oxygen atoms in total. The fourth-order valence-electron chi connectivity index (χ4n) is 1.69. The van der Waals surface area contributed by atoms with E-state index in [0.717, 1.165) is 11.3 Å². The minimum Gasteiger partial charge on any atom is -0.385 e. The van der Waals surface area contributed by atoms with Crippen LogP contribution in [0.5, 0.6) is 0 Å². The van der Waals surface area contributed by atoms with Crippen molar-refractivity contribution in [2.75, 3.05) is 0 Å². The van der Waals surface area contributed by atoms with Crippen molar-refractivity contribution in [2.24, 2.45) is 12.8 Å². The predicted octanol–water partition coefficient (Wildman–Crippen LogP) is 1.15. The Bertz CT molecular complexity index is 452. The van der Waals surface area contributed by atoms with E-state index < -0.39 is 12.1 Å². The molecule has 0 aliphatic heterocycles. The summed E-state index contributed by atoms with van der Waals surface area (Å²) in [6.07, 6.45) is 2.54. The molecule has 0 saturated heterocycles. The van der Waals surface area contributed by atoms with Crippen LogP contribution in [0.25, 0.3) is 0 Å². The summed E-state index contributed by atoms with van der Waals surface area (Å²) < 4.78 is 1.77. The summed E-state index contributed by atoms with van der Waals surface area (Å²) >= 11 is 0. The zero-order valence-corrected chi connectivity index (χ0v) is 9.12. The molecule has 84 valence electrons. The molecular weight excluding hydrogens is 202 g/mol. The fourth-order valence-corrected chi connectivity index (χ4v) is 1.69. The second kappa shape index (κ2) is 4.47. The summed E-state index contributed by atoms with van der Waals surface area (Å²) in [6, 6.07) is 9.12. The number of nitrogens with zero attached hydrogens (tertiary/aromatic N) is 2. The van der Waals surface area contributed by atoms with Gasteiger partial charge in [0.1, 0.15) is 6.10 Å². The van der Waals surface area contributed by atoms with E-state index >= 15 is 0 Å². The van der Waals surface area contributed by atoms with E-state index in [1.54, 1.807) is 17.1 Å². The number of hydrogen-bond donors (Lipinski definition) is 2. The Morgan fingerprint density at radius 3 is 2.56 bits per heavy atom. The van der Waals surface area contributed by atoms with Gasteiger partial charge in [-0.1, -0.05) is 30.3 Å². The molecule has 1 aromatic carbocycles. The van der Waals surface area contributed by atoms with Crippen LogP contribution in [0, 0.1) is 0 Å². The van der Waals surface area contributed by atoms with Crippen LogP contribution < -0.4 is 5.73 Å². The summed E-state index contributed by atoms with van der Waals surface area (Å²) in [5, 5.41) is 10.1. The van der Waals surface area contributed by atoms with Gasteiger partial charge in [-0.25, -0.2) is 4.98 Å². The van der Waals surface area contributed by atoms with Gasteiger partial charge in [-0.15, -0.1) is 0 Å². The minimum atomic E-state index is -0.741. The zero-order valence-electron chi connectivity index (χ0n) is 9.12. The summed E-state index contributed by atoms with van der Waals surface area (Å²) in [7, 11) is 1.84. The fraction of sp³-hybridized carbons (Fsp3) is 0.250. The number of aliphatic hydroxyl groups excluding tert-OH is 1. The predicted molar refractivity (Wildman–Crippen MR) is 61.5 cm³/mol. The van der Waals surface area contributed by atoms with Gasteiger partial charge < -0.3 is 15.4 Å². The monoisotopic (exact) mass is 217 g/mol. The number of rotatable bonds is 3. The number of aryl methyl sites for hydroxylation is 1. The van der Waals surface area contributed by atoms with E-state index in [-0.39, 0.29) is 0 Å². The van der Waals surface area contributed by atoms with Crippen LogP contribution in [-0.2, 0) is 7.05 Å². The maximum absolute atomic E-state index is 10.1. The number of aliphatic hydroxyl groups is 1. The van der Waals surface area contributed by atoms with Crippen LogP contribution in [0.2, 0.25) is 0 Å². The van der Waals surface area contributed by atoms with Crippen LogP contribution in [0.4, 0.5) is 0 Å². The highest BCUT2D eigenvalue weighted by Gasteiger charge is 2.20. The molecule has 0 spiro atoms. The second-order valence-electron chi connectivity index (χ2n) is 3.81. The molecule has 3 N–H and O–H groups in total. The molecule has 0 amide bonds. The summed E-state index contributed by atoms with van der Waals surface area (Å²) in [6.45, 7) is 0. The Morgan fingerprint density at radius 2 is 2.00 bits per heavy atom. The molecular formula is C12H15N3O. The maximum atomic E-state index is 10.1. The van der Waals surface area contributed by atoms with Crippen LogP contribution in [0.3, 0.4) is 0 Å². The summed E-state index contributed by atoms with van der Waals surface area (Å²) in [4.78, 5) is 3.97. The number of hydrogen-bond acceptors (Lipinski definition) is 3. The molecule has 2 unspecified atom stereocenters. The van der Waals surface area contributed by atoms with Crippen molar-refractivity contribution in [2.45, 2.75) is 12.1 Å². The minimum absolute atomic E-state index is 0.434. The third-order valence-corrected chi connectivity index (χ3v) is 2.68. The third-order valence-electron chi connectivity index (χ3n) is 2.68. The lowest BCUT2D eigenvalue weighted by Gasteiger charge is -2.19. The van der Waals surface area contributed by atoms with Crippen molar-refractivity contribution in [1.82, 2.24) is 9.55 Å². The normalized spacial score (nSPS) is 14.7. The van der Waals surface area contributed by atoms with Crippen molar-refractivity contribution in [3.05, 3.63) is 54.1 Å². The van der Waals surface area contributed by atoms with Gasteiger partial charge in [-0.3, -0.25) is 0 Å². The van der Waals surface area contributed by atoms with E-state index in [0.29, 0.717) is 0 Å². The topological polar surface area (TPSA) is 64.1 Å². The van der Waals surface area contributed by atoms with Gasteiger partial charge in [0.25, 0.3) is 0 Å². The molecule has 0 fully saturated rings. The maximum Gasteiger partial charge on any atom is 0.115 e. The number of imidazole rings is 1. The van der Waals surface area contributed by atoms with E-state index in [9.17, 15) is 5.11 Å². The van der Waals surface area contributed by atoms with Gasteiger partial charge in [0.15, 0.2) is 0 Å². The van der Waals surface area contributed by atoms with Crippen molar-refractivity contribution in [3.63, 3.8) is 0 Å². The molecule has 2 aromatic rings. The van der Waals surface area contributed by atoms with Gasteiger partial charge in [-0.05, 0) is 5.56 Å². The Kier molecular flexibility index (Phi) is 3.03. The lowest BCUT2D eigenvalue weighted by molar-refractivity contribution is 0.139. The average Bonchev–Trinajstić information content (AvgIpc) is 2.75. The van der Waals surface area contributed by atoms with Crippen molar-refractivity contribution in [3.8, 4) is 0 Å². The smallest absolute Gasteiger partial charge is 0.115 e. The van der Waals surface area contributed by atoms with Crippen molar-refractivity contribution < 1.29 is 5.11 Å². The molecule has 0 bridgehead atoms. The van der Waals surface area contributed by atoms with Gasteiger partial charge in [0.2, 0.25) is 0 Å². The first kappa shape index (κ1) is 10.9. The molecule has 0 saturated carbocycles. The standard InChI is InChI=1S/C12H15N3O/c1-15-8-14-7-10(15)12(16)11(13)9-5-3-2-4-6-9/h2-8,11-12,16H,13H2,1H3. The van der Waals surface area contributed by atoms with Gasteiger partial charge in [0.05, 0.1) is 24.3 Å². The van der Waals surface area contributed by atoms with E-state index in [1.807, 2.05) is 37.4 Å². The third kappa shape index (κ3) is 1.98. The summed E-state index contributed by atoms with van der Waals surface area (Å²) in [5.41, 5.74) is 7.64. The molecule has 4 heteroatoms. The zero-order chi connectivity index (χ0) is 11.5. The molecule has 2 rings (SSSR count). The number of benzene rings is 1.